The van der Waals surface area contributed by atoms with Crippen molar-refractivity contribution in [3.05, 3.63) is 30.1 Å². The number of carbonyl (C=O) groups excluding carboxylic acids is 1. The van der Waals surface area contributed by atoms with E-state index in [4.69, 9.17) is 0 Å². The standard InChI is InChI=1S/C17H21N7OS/c1-22-15(11-24-14-8-4-3-7-13(14)18-21-24)19-20-17(22)26-12-16(25)23-9-5-2-6-10-23/h3-4,7-8H,2,5-6,9-12H2,1H3. The highest BCUT2D eigenvalue weighted by Crippen LogP contribution is 2.19. The van der Waals surface area contributed by atoms with Crippen LogP contribution < -0.4 is 0 Å². The number of likely N-dealkylation sites (tertiary alicyclic amines) is 1. The van der Waals surface area contributed by atoms with Gasteiger partial charge in [-0.15, -0.1) is 15.3 Å². The summed E-state index contributed by atoms with van der Waals surface area (Å²) in [6, 6.07) is 7.83. The molecule has 0 bridgehead atoms. The lowest BCUT2D eigenvalue weighted by atomic mass is 10.1. The van der Waals surface area contributed by atoms with E-state index in [1.165, 1.54) is 18.2 Å². The average molecular weight is 371 g/mol. The Balaban J connectivity index is 1.42. The van der Waals surface area contributed by atoms with Crippen molar-refractivity contribution in [3.63, 3.8) is 0 Å². The molecule has 1 saturated heterocycles. The topological polar surface area (TPSA) is 81.7 Å². The molecule has 136 valence electrons. The van der Waals surface area contributed by atoms with E-state index in [0.717, 1.165) is 47.9 Å². The lowest BCUT2D eigenvalue weighted by molar-refractivity contribution is -0.129. The van der Waals surface area contributed by atoms with Gasteiger partial charge in [-0.2, -0.15) is 0 Å². The van der Waals surface area contributed by atoms with Crippen molar-refractivity contribution < 1.29 is 4.79 Å². The van der Waals surface area contributed by atoms with Crippen molar-refractivity contribution in [1.82, 2.24) is 34.7 Å². The molecule has 1 aromatic carbocycles. The summed E-state index contributed by atoms with van der Waals surface area (Å²) < 4.78 is 3.73. The number of benzene rings is 1. The lowest BCUT2D eigenvalue weighted by Crippen LogP contribution is -2.36. The van der Waals surface area contributed by atoms with Crippen molar-refractivity contribution in [2.45, 2.75) is 31.0 Å². The third kappa shape index (κ3) is 3.44. The van der Waals surface area contributed by atoms with Gasteiger partial charge < -0.3 is 9.47 Å². The number of carbonyl (C=O) groups is 1. The molecular formula is C17H21N7OS. The van der Waals surface area contributed by atoms with Crippen molar-refractivity contribution in [3.8, 4) is 0 Å². The molecular weight excluding hydrogens is 350 g/mol. The number of nitrogens with zero attached hydrogens (tertiary/aromatic N) is 7. The molecule has 2 aromatic heterocycles. The van der Waals surface area contributed by atoms with Gasteiger partial charge in [-0.1, -0.05) is 29.1 Å². The minimum Gasteiger partial charge on any atom is -0.342 e. The number of hydrogen-bond donors (Lipinski definition) is 0. The van der Waals surface area contributed by atoms with E-state index in [1.54, 1.807) is 0 Å². The maximum absolute atomic E-state index is 12.3. The van der Waals surface area contributed by atoms with Gasteiger partial charge in [0.1, 0.15) is 12.1 Å². The van der Waals surface area contributed by atoms with Crippen LogP contribution >= 0.6 is 11.8 Å². The van der Waals surface area contributed by atoms with E-state index in [1.807, 2.05) is 45.5 Å². The highest BCUT2D eigenvalue weighted by Gasteiger charge is 2.18. The molecule has 0 unspecified atom stereocenters. The summed E-state index contributed by atoms with van der Waals surface area (Å²) in [5.41, 5.74) is 1.82. The van der Waals surface area contributed by atoms with Crippen molar-refractivity contribution in [2.75, 3.05) is 18.8 Å². The molecule has 1 aliphatic rings. The Labute approximate surface area is 155 Å². The zero-order valence-electron chi connectivity index (χ0n) is 14.7. The fraction of sp³-hybridized carbons (Fsp3) is 0.471. The van der Waals surface area contributed by atoms with Gasteiger partial charge in [0.15, 0.2) is 11.0 Å². The summed E-state index contributed by atoms with van der Waals surface area (Å²) in [6.45, 7) is 2.25. The molecule has 8 nitrogen and oxygen atoms in total. The van der Waals surface area contributed by atoms with E-state index in [2.05, 4.69) is 20.5 Å². The van der Waals surface area contributed by atoms with Gasteiger partial charge in [-0.3, -0.25) is 4.79 Å². The predicted octanol–water partition coefficient (Wildman–Crippen LogP) is 1.71. The van der Waals surface area contributed by atoms with Crippen LogP contribution in [0.2, 0.25) is 0 Å². The van der Waals surface area contributed by atoms with Gasteiger partial charge in [0.25, 0.3) is 0 Å². The molecule has 9 heteroatoms. The normalized spacial score (nSPS) is 14.9. The SMILES string of the molecule is Cn1c(Cn2nnc3ccccc32)nnc1SCC(=O)N1CCCCC1. The second-order valence-corrected chi connectivity index (χ2v) is 7.37. The van der Waals surface area contributed by atoms with Crippen LogP contribution in [0.25, 0.3) is 11.0 Å². The van der Waals surface area contributed by atoms with E-state index >= 15 is 0 Å². The van der Waals surface area contributed by atoms with Crippen LogP contribution in [0.3, 0.4) is 0 Å². The molecule has 1 amide bonds. The Morgan fingerprint density at radius 1 is 1.12 bits per heavy atom. The molecule has 4 rings (SSSR count). The number of thioether (sulfide) groups is 1. The molecule has 0 aliphatic carbocycles. The minimum absolute atomic E-state index is 0.182. The number of hydrogen-bond acceptors (Lipinski definition) is 6. The van der Waals surface area contributed by atoms with Gasteiger partial charge >= 0.3 is 0 Å². The minimum atomic E-state index is 0.182. The summed E-state index contributed by atoms with van der Waals surface area (Å²) in [4.78, 5) is 14.3. The first-order chi connectivity index (χ1) is 12.7. The molecule has 3 heterocycles. The molecule has 1 fully saturated rings. The van der Waals surface area contributed by atoms with Gasteiger partial charge in [0, 0.05) is 20.1 Å². The summed E-state index contributed by atoms with van der Waals surface area (Å²) in [6.07, 6.45) is 3.44. The Hall–Kier alpha value is -2.42. The van der Waals surface area contributed by atoms with Crippen molar-refractivity contribution in [2.24, 2.45) is 7.05 Å². The summed E-state index contributed by atoms with van der Waals surface area (Å²) in [5, 5.41) is 17.6. The zero-order chi connectivity index (χ0) is 17.9. The molecule has 0 N–H and O–H groups in total. The monoisotopic (exact) mass is 371 g/mol. The largest absolute Gasteiger partial charge is 0.342 e. The smallest absolute Gasteiger partial charge is 0.233 e. The predicted molar refractivity (Wildman–Crippen MR) is 98.8 cm³/mol. The number of fused-ring (bicyclic) bond motifs is 1. The van der Waals surface area contributed by atoms with Crippen LogP contribution in [0, 0.1) is 0 Å². The summed E-state index contributed by atoms with van der Waals surface area (Å²) >= 11 is 1.44. The molecule has 1 aliphatic heterocycles. The maximum atomic E-state index is 12.3. The summed E-state index contributed by atoms with van der Waals surface area (Å²) in [7, 11) is 1.92. The van der Waals surface area contributed by atoms with Crippen LogP contribution in [0.5, 0.6) is 0 Å². The first-order valence-corrected chi connectivity index (χ1v) is 9.78. The van der Waals surface area contributed by atoms with Crippen molar-refractivity contribution >= 4 is 28.7 Å². The van der Waals surface area contributed by atoms with Crippen LogP contribution in [0.1, 0.15) is 25.1 Å². The number of amides is 1. The maximum Gasteiger partial charge on any atom is 0.233 e. The fourth-order valence-electron chi connectivity index (χ4n) is 3.14. The molecule has 0 saturated carbocycles. The van der Waals surface area contributed by atoms with Gasteiger partial charge in [0.05, 0.1) is 11.3 Å². The number of piperidine rings is 1. The lowest BCUT2D eigenvalue weighted by Gasteiger charge is -2.26. The Morgan fingerprint density at radius 2 is 1.92 bits per heavy atom. The third-order valence-corrected chi connectivity index (χ3v) is 5.68. The molecule has 0 spiro atoms. The number of rotatable bonds is 5. The van der Waals surface area contributed by atoms with Gasteiger partial charge in [-0.25, -0.2) is 4.68 Å². The Kier molecular flexibility index (Phi) is 4.87. The fourth-order valence-corrected chi connectivity index (χ4v) is 3.97. The highest BCUT2D eigenvalue weighted by atomic mass is 32.2. The molecule has 0 atom stereocenters. The Morgan fingerprint density at radius 3 is 2.77 bits per heavy atom. The van der Waals surface area contributed by atoms with Crippen LogP contribution in [-0.2, 0) is 18.4 Å². The van der Waals surface area contributed by atoms with Crippen molar-refractivity contribution in [1.29, 1.82) is 0 Å². The Bertz CT molecular complexity index is 913. The third-order valence-electron chi connectivity index (χ3n) is 4.67. The number of para-hydroxylation sites is 1. The van der Waals surface area contributed by atoms with E-state index in [-0.39, 0.29) is 5.91 Å². The second-order valence-electron chi connectivity index (χ2n) is 6.42. The van der Waals surface area contributed by atoms with Crippen LogP contribution in [0.15, 0.2) is 29.4 Å². The highest BCUT2D eigenvalue weighted by molar-refractivity contribution is 7.99. The second kappa shape index (κ2) is 7.45. The van der Waals surface area contributed by atoms with Gasteiger partial charge in [-0.05, 0) is 31.4 Å². The van der Waals surface area contributed by atoms with E-state index in [9.17, 15) is 4.79 Å². The van der Waals surface area contributed by atoms with Crippen LogP contribution in [0.4, 0.5) is 0 Å². The van der Waals surface area contributed by atoms with Gasteiger partial charge in [0.2, 0.25) is 5.91 Å². The molecule has 0 radical (unpaired) electrons. The number of aromatic nitrogens is 6. The van der Waals surface area contributed by atoms with E-state index in [0.29, 0.717) is 12.3 Å². The first kappa shape index (κ1) is 17.0. The first-order valence-electron chi connectivity index (χ1n) is 8.79. The van der Waals surface area contributed by atoms with E-state index < -0.39 is 0 Å². The molecule has 3 aromatic rings. The quantitative estimate of drug-likeness (QED) is 0.635. The zero-order valence-corrected chi connectivity index (χ0v) is 15.5. The van der Waals surface area contributed by atoms with Crippen LogP contribution in [-0.4, -0.2) is 59.4 Å². The summed E-state index contributed by atoms with van der Waals surface area (Å²) in [5.74, 6) is 1.37. The molecule has 26 heavy (non-hydrogen) atoms. The average Bonchev–Trinajstić information content (AvgIpc) is 3.25.